The van der Waals surface area contributed by atoms with Crippen molar-refractivity contribution in [3.05, 3.63) is 65.7 Å². The third-order valence-electron chi connectivity index (χ3n) is 3.45. The van der Waals surface area contributed by atoms with Gasteiger partial charge < -0.3 is 10.1 Å². The summed E-state index contributed by atoms with van der Waals surface area (Å²) in [6.07, 6.45) is -0.781. The van der Waals surface area contributed by atoms with E-state index in [1.165, 1.54) is 43.0 Å². The van der Waals surface area contributed by atoms with Gasteiger partial charge in [-0.05, 0) is 48.9 Å². The predicted octanol–water partition coefficient (Wildman–Crippen LogP) is 3.70. The molecule has 4 nitrogen and oxygen atoms in total. The van der Waals surface area contributed by atoms with E-state index in [-0.39, 0.29) is 24.6 Å². The molecule has 0 heterocycles. The Labute approximate surface area is 154 Å². The van der Waals surface area contributed by atoms with Gasteiger partial charge in [-0.2, -0.15) is 0 Å². The summed E-state index contributed by atoms with van der Waals surface area (Å²) in [5.41, 5.74) is 0.744. The highest BCUT2D eigenvalue weighted by molar-refractivity contribution is 7.99. The van der Waals surface area contributed by atoms with Crippen LogP contribution >= 0.6 is 11.8 Å². The van der Waals surface area contributed by atoms with Crippen LogP contribution < -0.4 is 5.32 Å². The summed E-state index contributed by atoms with van der Waals surface area (Å²) in [4.78, 5) is 24.6. The number of amides is 1. The molecule has 0 aliphatic rings. The van der Waals surface area contributed by atoms with E-state index in [0.29, 0.717) is 5.75 Å². The van der Waals surface area contributed by atoms with Crippen LogP contribution in [0.4, 0.5) is 8.78 Å². The molecule has 1 atom stereocenters. The maximum absolute atomic E-state index is 12.8. The Kier molecular flexibility index (Phi) is 7.59. The van der Waals surface area contributed by atoms with Gasteiger partial charge in [0.15, 0.2) is 6.10 Å². The van der Waals surface area contributed by atoms with Crippen molar-refractivity contribution in [1.29, 1.82) is 0 Å². The van der Waals surface area contributed by atoms with Gasteiger partial charge in [0.05, 0.1) is 6.42 Å². The zero-order valence-electron chi connectivity index (χ0n) is 14.2. The molecule has 0 aromatic heterocycles. The van der Waals surface area contributed by atoms with E-state index in [9.17, 15) is 18.4 Å². The van der Waals surface area contributed by atoms with E-state index in [4.69, 9.17) is 4.74 Å². The van der Waals surface area contributed by atoms with Crippen LogP contribution in [0.3, 0.4) is 0 Å². The Morgan fingerprint density at radius 3 is 2.23 bits per heavy atom. The standard InChI is InChI=1S/C19H19F2NO3S/c1-13(19(24)22-12-14-2-4-15(20)5-3-14)25-18(23)10-11-26-17-8-6-16(21)7-9-17/h2-9,13H,10-12H2,1H3,(H,22,24)/t13-/m1/s1. The molecule has 0 bridgehead atoms. The summed E-state index contributed by atoms with van der Waals surface area (Å²) in [7, 11) is 0. The Morgan fingerprint density at radius 1 is 1.04 bits per heavy atom. The predicted molar refractivity (Wildman–Crippen MR) is 95.5 cm³/mol. The van der Waals surface area contributed by atoms with E-state index in [0.717, 1.165) is 10.5 Å². The first-order chi connectivity index (χ1) is 12.4. The normalized spacial score (nSPS) is 11.7. The third-order valence-corrected chi connectivity index (χ3v) is 4.46. The van der Waals surface area contributed by atoms with Crippen LogP contribution in [0.25, 0.3) is 0 Å². The molecule has 1 amide bonds. The molecule has 0 aliphatic carbocycles. The first kappa shape index (κ1) is 19.9. The lowest BCUT2D eigenvalue weighted by molar-refractivity contribution is -0.154. The lowest BCUT2D eigenvalue weighted by atomic mass is 10.2. The van der Waals surface area contributed by atoms with Gasteiger partial charge in [-0.15, -0.1) is 11.8 Å². The van der Waals surface area contributed by atoms with Crippen LogP contribution in [0.1, 0.15) is 18.9 Å². The molecule has 7 heteroatoms. The topological polar surface area (TPSA) is 55.4 Å². The Balaban J connectivity index is 1.67. The molecule has 0 aliphatic heterocycles. The average Bonchev–Trinajstić information content (AvgIpc) is 2.62. The van der Waals surface area contributed by atoms with Crippen LogP contribution in [0.2, 0.25) is 0 Å². The number of esters is 1. The molecular weight excluding hydrogens is 360 g/mol. The number of halogens is 2. The number of rotatable bonds is 8. The zero-order chi connectivity index (χ0) is 18.9. The summed E-state index contributed by atoms with van der Waals surface area (Å²) in [6, 6.07) is 11.7. The molecule has 0 fully saturated rings. The van der Waals surface area contributed by atoms with Gasteiger partial charge >= 0.3 is 5.97 Å². The summed E-state index contributed by atoms with van der Waals surface area (Å²) < 4.78 is 30.7. The number of benzene rings is 2. The fourth-order valence-corrected chi connectivity index (χ4v) is 2.86. The van der Waals surface area contributed by atoms with Crippen molar-refractivity contribution < 1.29 is 23.1 Å². The molecule has 2 aromatic rings. The van der Waals surface area contributed by atoms with Crippen molar-refractivity contribution in [2.45, 2.75) is 30.9 Å². The van der Waals surface area contributed by atoms with Gasteiger partial charge in [0.1, 0.15) is 11.6 Å². The van der Waals surface area contributed by atoms with Crippen molar-refractivity contribution >= 4 is 23.6 Å². The fourth-order valence-electron chi connectivity index (χ4n) is 2.03. The summed E-state index contributed by atoms with van der Waals surface area (Å²) >= 11 is 1.40. The van der Waals surface area contributed by atoms with E-state index in [1.54, 1.807) is 24.3 Å². The maximum atomic E-state index is 12.8. The minimum Gasteiger partial charge on any atom is -0.453 e. The summed E-state index contributed by atoms with van der Waals surface area (Å²) in [5.74, 6) is -1.10. The Bertz CT molecular complexity index is 735. The second kappa shape index (κ2) is 9.91. The van der Waals surface area contributed by atoms with Crippen molar-refractivity contribution in [3.8, 4) is 0 Å². The highest BCUT2D eigenvalue weighted by Gasteiger charge is 2.17. The molecule has 1 N–H and O–H groups in total. The lowest BCUT2D eigenvalue weighted by Crippen LogP contribution is -2.35. The second-order valence-electron chi connectivity index (χ2n) is 5.53. The lowest BCUT2D eigenvalue weighted by Gasteiger charge is -2.13. The van der Waals surface area contributed by atoms with Crippen LogP contribution in [0.5, 0.6) is 0 Å². The summed E-state index contributed by atoms with van der Waals surface area (Å²) in [6.45, 7) is 1.71. The van der Waals surface area contributed by atoms with E-state index in [2.05, 4.69) is 5.32 Å². The molecule has 26 heavy (non-hydrogen) atoms. The highest BCUT2D eigenvalue weighted by atomic mass is 32.2. The molecule has 0 unspecified atom stereocenters. The minimum absolute atomic E-state index is 0.137. The number of hydrogen-bond acceptors (Lipinski definition) is 4. The maximum Gasteiger partial charge on any atom is 0.307 e. The van der Waals surface area contributed by atoms with E-state index in [1.807, 2.05) is 0 Å². The van der Waals surface area contributed by atoms with Crippen molar-refractivity contribution in [2.24, 2.45) is 0 Å². The third kappa shape index (κ3) is 6.84. The largest absolute Gasteiger partial charge is 0.453 e. The second-order valence-corrected chi connectivity index (χ2v) is 6.70. The summed E-state index contributed by atoms with van der Waals surface area (Å²) in [5, 5.41) is 2.63. The van der Waals surface area contributed by atoms with Gasteiger partial charge in [0.25, 0.3) is 5.91 Å². The molecule has 0 spiro atoms. The molecule has 138 valence electrons. The fraction of sp³-hybridized carbons (Fsp3) is 0.263. The molecule has 0 radical (unpaired) electrons. The minimum atomic E-state index is -0.918. The van der Waals surface area contributed by atoms with E-state index < -0.39 is 18.0 Å². The van der Waals surface area contributed by atoms with Crippen LogP contribution in [0.15, 0.2) is 53.4 Å². The van der Waals surface area contributed by atoms with Crippen LogP contribution in [-0.4, -0.2) is 23.7 Å². The molecule has 2 rings (SSSR count). The first-order valence-electron chi connectivity index (χ1n) is 8.04. The van der Waals surface area contributed by atoms with Crippen molar-refractivity contribution in [1.82, 2.24) is 5.32 Å². The van der Waals surface area contributed by atoms with Crippen molar-refractivity contribution in [3.63, 3.8) is 0 Å². The van der Waals surface area contributed by atoms with Gasteiger partial charge in [-0.25, -0.2) is 8.78 Å². The number of carbonyl (C=O) groups is 2. The number of nitrogens with one attached hydrogen (secondary N) is 1. The zero-order valence-corrected chi connectivity index (χ0v) is 15.0. The average molecular weight is 379 g/mol. The van der Waals surface area contributed by atoms with Crippen molar-refractivity contribution in [2.75, 3.05) is 5.75 Å². The van der Waals surface area contributed by atoms with Crippen LogP contribution in [0, 0.1) is 11.6 Å². The van der Waals surface area contributed by atoms with Gasteiger partial charge in [0, 0.05) is 17.2 Å². The van der Waals surface area contributed by atoms with Crippen LogP contribution in [-0.2, 0) is 20.9 Å². The Hall–Kier alpha value is -2.41. The number of ether oxygens (including phenoxy) is 1. The van der Waals surface area contributed by atoms with Gasteiger partial charge in [-0.3, -0.25) is 9.59 Å². The van der Waals surface area contributed by atoms with Gasteiger partial charge in [0.2, 0.25) is 0 Å². The molecular formula is C19H19F2NO3S. The number of carbonyl (C=O) groups excluding carboxylic acids is 2. The molecule has 2 aromatic carbocycles. The number of hydrogen-bond donors (Lipinski definition) is 1. The first-order valence-corrected chi connectivity index (χ1v) is 9.02. The van der Waals surface area contributed by atoms with Gasteiger partial charge in [-0.1, -0.05) is 12.1 Å². The molecule has 0 saturated carbocycles. The number of thioether (sulfide) groups is 1. The SMILES string of the molecule is C[C@@H](OC(=O)CCSc1ccc(F)cc1)C(=O)NCc1ccc(F)cc1. The highest BCUT2D eigenvalue weighted by Crippen LogP contribution is 2.19. The smallest absolute Gasteiger partial charge is 0.307 e. The van der Waals surface area contributed by atoms with E-state index >= 15 is 0 Å². The molecule has 0 saturated heterocycles. The Morgan fingerprint density at radius 2 is 1.62 bits per heavy atom. The quantitative estimate of drug-likeness (QED) is 0.561. The monoisotopic (exact) mass is 379 g/mol.